The number of ether oxygens (including phenoxy) is 1. The van der Waals surface area contributed by atoms with Crippen molar-refractivity contribution in [3.05, 3.63) is 0 Å². The van der Waals surface area contributed by atoms with Gasteiger partial charge >= 0.3 is 0 Å². The molecule has 0 radical (unpaired) electrons. The Kier molecular flexibility index (Phi) is 10.1. The van der Waals surface area contributed by atoms with Crippen LogP contribution in [-0.2, 0) is 4.74 Å². The van der Waals surface area contributed by atoms with Gasteiger partial charge in [-0.2, -0.15) is 0 Å². The second kappa shape index (κ2) is 9.63. The van der Waals surface area contributed by atoms with E-state index in [-0.39, 0.29) is 6.10 Å². The highest BCUT2D eigenvalue weighted by Crippen LogP contribution is 2.03. The molecule has 0 aromatic carbocycles. The molecule has 0 aromatic heterocycles. The monoisotopic (exact) mass is 212 g/mol. The Hall–Kier alpha value is 0.540. The topological polar surface area (TPSA) is 9.23 Å². The number of hydrogen-bond donors (Lipinski definition) is 0. The summed E-state index contributed by atoms with van der Waals surface area (Å²) >= 11 is 11.2. The summed E-state index contributed by atoms with van der Waals surface area (Å²) in [5, 5.41) is 0. The van der Waals surface area contributed by atoms with Crippen molar-refractivity contribution in [1.82, 2.24) is 0 Å². The van der Waals surface area contributed by atoms with E-state index in [1.807, 2.05) is 0 Å². The van der Waals surface area contributed by atoms with Crippen molar-refractivity contribution in [2.24, 2.45) is 0 Å². The molecule has 0 N–H and O–H groups in total. The van der Waals surface area contributed by atoms with Gasteiger partial charge in [-0.15, -0.1) is 23.2 Å². The lowest BCUT2D eigenvalue weighted by Gasteiger charge is -2.11. The van der Waals surface area contributed by atoms with E-state index in [0.29, 0.717) is 11.8 Å². The lowest BCUT2D eigenvalue weighted by atomic mass is 10.2. The van der Waals surface area contributed by atoms with Crippen LogP contribution in [0.5, 0.6) is 0 Å². The first-order valence-electron chi connectivity index (χ1n) is 4.58. The van der Waals surface area contributed by atoms with Crippen molar-refractivity contribution in [3.63, 3.8) is 0 Å². The van der Waals surface area contributed by atoms with Gasteiger partial charge in [0.1, 0.15) is 0 Å². The third-order valence-corrected chi connectivity index (χ3v) is 2.38. The molecule has 0 aromatic rings. The summed E-state index contributed by atoms with van der Waals surface area (Å²) in [4.78, 5) is 0. The van der Waals surface area contributed by atoms with Gasteiger partial charge < -0.3 is 4.74 Å². The first-order chi connectivity index (χ1) is 5.85. The van der Waals surface area contributed by atoms with Crippen molar-refractivity contribution in [2.75, 3.05) is 18.4 Å². The molecule has 0 atom stereocenters. The van der Waals surface area contributed by atoms with Crippen LogP contribution in [0.4, 0.5) is 0 Å². The van der Waals surface area contributed by atoms with E-state index in [0.717, 1.165) is 13.0 Å². The molecular formula is C9H18Cl2O. The molecule has 0 unspecified atom stereocenters. The maximum atomic E-state index is 5.60. The standard InChI is InChI=1S/C9H18Cl2O/c1-2-3-4-5-6-12-9(7-10)8-11/h9H,2-8H2,1H3. The molecule has 0 rings (SSSR count). The zero-order valence-electron chi connectivity index (χ0n) is 7.69. The van der Waals surface area contributed by atoms with E-state index in [1.165, 1.54) is 19.3 Å². The lowest BCUT2D eigenvalue weighted by molar-refractivity contribution is 0.0801. The highest BCUT2D eigenvalue weighted by atomic mass is 35.5. The van der Waals surface area contributed by atoms with Crippen molar-refractivity contribution in [3.8, 4) is 0 Å². The molecule has 0 heterocycles. The van der Waals surface area contributed by atoms with Crippen molar-refractivity contribution in [1.29, 1.82) is 0 Å². The lowest BCUT2D eigenvalue weighted by Crippen LogP contribution is -2.17. The summed E-state index contributed by atoms with van der Waals surface area (Å²) in [7, 11) is 0. The van der Waals surface area contributed by atoms with Gasteiger partial charge in [-0.3, -0.25) is 0 Å². The minimum absolute atomic E-state index is 0.0370. The third-order valence-electron chi connectivity index (χ3n) is 1.70. The number of rotatable bonds is 8. The molecule has 0 fully saturated rings. The molecule has 0 aliphatic carbocycles. The van der Waals surface area contributed by atoms with E-state index in [1.54, 1.807) is 0 Å². The zero-order valence-corrected chi connectivity index (χ0v) is 9.20. The normalized spacial score (nSPS) is 11.0. The Balaban J connectivity index is 3.06. The maximum Gasteiger partial charge on any atom is 0.0845 e. The molecule has 0 bridgehead atoms. The summed E-state index contributed by atoms with van der Waals surface area (Å²) < 4.78 is 5.42. The van der Waals surface area contributed by atoms with Crippen molar-refractivity contribution in [2.45, 2.75) is 38.7 Å². The van der Waals surface area contributed by atoms with Crippen LogP contribution in [0.2, 0.25) is 0 Å². The molecule has 0 aliphatic rings. The van der Waals surface area contributed by atoms with E-state index in [4.69, 9.17) is 27.9 Å². The summed E-state index contributed by atoms with van der Waals surface area (Å²) in [6.07, 6.45) is 4.95. The van der Waals surface area contributed by atoms with Crippen LogP contribution in [0.3, 0.4) is 0 Å². The molecular weight excluding hydrogens is 195 g/mol. The fraction of sp³-hybridized carbons (Fsp3) is 1.00. The number of unbranched alkanes of at least 4 members (excludes halogenated alkanes) is 3. The molecule has 74 valence electrons. The second-order valence-electron chi connectivity index (χ2n) is 2.86. The van der Waals surface area contributed by atoms with Crippen LogP contribution in [0.1, 0.15) is 32.6 Å². The minimum Gasteiger partial charge on any atom is -0.376 e. The van der Waals surface area contributed by atoms with Crippen molar-refractivity contribution >= 4 is 23.2 Å². The summed E-state index contributed by atoms with van der Waals surface area (Å²) in [6.45, 7) is 2.99. The smallest absolute Gasteiger partial charge is 0.0845 e. The van der Waals surface area contributed by atoms with Crippen LogP contribution in [0.15, 0.2) is 0 Å². The van der Waals surface area contributed by atoms with Crippen LogP contribution >= 0.6 is 23.2 Å². The van der Waals surface area contributed by atoms with E-state index in [2.05, 4.69) is 6.92 Å². The Bertz CT molecular complexity index is 84.6. The number of hydrogen-bond acceptors (Lipinski definition) is 1. The molecule has 3 heteroatoms. The van der Waals surface area contributed by atoms with Gasteiger partial charge in [0.2, 0.25) is 0 Å². The van der Waals surface area contributed by atoms with E-state index >= 15 is 0 Å². The predicted octanol–water partition coefficient (Wildman–Crippen LogP) is 3.43. The Morgan fingerprint density at radius 2 is 1.75 bits per heavy atom. The number of halogens is 2. The minimum atomic E-state index is 0.0370. The third kappa shape index (κ3) is 7.20. The molecule has 1 nitrogen and oxygen atoms in total. The van der Waals surface area contributed by atoms with Crippen LogP contribution in [0, 0.1) is 0 Å². The Labute approximate surface area is 85.4 Å². The van der Waals surface area contributed by atoms with Gasteiger partial charge in [0.05, 0.1) is 6.10 Å². The highest BCUT2D eigenvalue weighted by molar-refractivity contribution is 6.21. The summed E-state index contributed by atoms with van der Waals surface area (Å²) in [6, 6.07) is 0. The molecule has 0 saturated carbocycles. The molecule has 0 amide bonds. The van der Waals surface area contributed by atoms with Gasteiger partial charge in [-0.1, -0.05) is 26.2 Å². The SMILES string of the molecule is CCCCCCOC(CCl)CCl. The van der Waals surface area contributed by atoms with E-state index < -0.39 is 0 Å². The average molecular weight is 213 g/mol. The molecule has 0 aliphatic heterocycles. The Morgan fingerprint density at radius 3 is 2.25 bits per heavy atom. The first-order valence-corrected chi connectivity index (χ1v) is 5.65. The fourth-order valence-corrected chi connectivity index (χ4v) is 1.42. The highest BCUT2D eigenvalue weighted by Gasteiger charge is 2.04. The first kappa shape index (κ1) is 12.5. The molecule has 12 heavy (non-hydrogen) atoms. The van der Waals surface area contributed by atoms with Crippen molar-refractivity contribution < 1.29 is 4.74 Å². The van der Waals surface area contributed by atoms with Crippen LogP contribution in [0.25, 0.3) is 0 Å². The van der Waals surface area contributed by atoms with Gasteiger partial charge in [0.25, 0.3) is 0 Å². The number of alkyl halides is 2. The predicted molar refractivity (Wildman–Crippen MR) is 55.3 cm³/mol. The second-order valence-corrected chi connectivity index (χ2v) is 3.48. The molecule has 0 saturated heterocycles. The van der Waals surface area contributed by atoms with Crippen LogP contribution < -0.4 is 0 Å². The van der Waals surface area contributed by atoms with Gasteiger partial charge in [-0.05, 0) is 6.42 Å². The largest absolute Gasteiger partial charge is 0.376 e. The summed E-state index contributed by atoms with van der Waals surface area (Å²) in [5.41, 5.74) is 0. The average Bonchev–Trinajstić information content (AvgIpc) is 2.11. The van der Waals surface area contributed by atoms with E-state index in [9.17, 15) is 0 Å². The molecule has 0 spiro atoms. The van der Waals surface area contributed by atoms with Crippen LogP contribution in [-0.4, -0.2) is 24.5 Å². The quantitative estimate of drug-likeness (QED) is 0.443. The fourth-order valence-electron chi connectivity index (χ4n) is 0.909. The Morgan fingerprint density at radius 1 is 1.08 bits per heavy atom. The van der Waals surface area contributed by atoms with Gasteiger partial charge in [0, 0.05) is 18.4 Å². The van der Waals surface area contributed by atoms with Gasteiger partial charge in [-0.25, -0.2) is 0 Å². The summed E-state index contributed by atoms with van der Waals surface area (Å²) in [5.74, 6) is 0.995. The van der Waals surface area contributed by atoms with Gasteiger partial charge in [0.15, 0.2) is 0 Å². The maximum absolute atomic E-state index is 5.60. The zero-order chi connectivity index (χ0) is 9.23.